The maximum Gasteiger partial charge on any atom is 0.368 e. The molecular formula is C53H58N3O9P. The molecule has 66 heavy (non-hydrogen) atoms. The molecule has 1 aliphatic rings. The van der Waals surface area contributed by atoms with E-state index in [1.54, 1.807) is 31.4 Å². The van der Waals surface area contributed by atoms with E-state index in [1.165, 1.54) is 0 Å². The quantitative estimate of drug-likeness (QED) is 0.0338. The Morgan fingerprint density at radius 2 is 1.15 bits per heavy atom. The fourth-order valence-electron chi connectivity index (χ4n) is 8.05. The van der Waals surface area contributed by atoms with Crippen molar-refractivity contribution in [2.24, 2.45) is 5.73 Å². The van der Waals surface area contributed by atoms with Gasteiger partial charge in [0.1, 0.15) is 18.6 Å². The molecule has 2 N–H and O–H groups in total. The summed E-state index contributed by atoms with van der Waals surface area (Å²) in [6, 6.07) is 52.7. The zero-order valence-corrected chi connectivity index (χ0v) is 38.2. The van der Waals surface area contributed by atoms with E-state index in [0.29, 0.717) is 43.8 Å². The minimum atomic E-state index is -3.80. The molecule has 0 spiro atoms. The maximum absolute atomic E-state index is 15.4. The lowest BCUT2D eigenvalue weighted by atomic mass is 9.87. The Morgan fingerprint density at radius 1 is 0.621 bits per heavy atom. The summed E-state index contributed by atoms with van der Waals surface area (Å²) in [5, 5.41) is 0. The molecule has 0 radical (unpaired) electrons. The second-order valence-electron chi connectivity index (χ2n) is 16.2. The number of amides is 3. The van der Waals surface area contributed by atoms with Gasteiger partial charge in [0.05, 0.1) is 38.5 Å². The lowest BCUT2D eigenvalue weighted by molar-refractivity contribution is -0.150. The van der Waals surface area contributed by atoms with Gasteiger partial charge in [-0.05, 0) is 76.9 Å². The van der Waals surface area contributed by atoms with Gasteiger partial charge in [0.15, 0.2) is 6.35 Å². The Balaban J connectivity index is 1.20. The first-order valence-corrected chi connectivity index (χ1v) is 23.9. The standard InChI is InChI=1S/C53H58N3O9P/c1-60-30-31-61-39-62-51-49(29-28-41-16-6-2-7-17-41)55(53(58)56(50(51)34-42-18-8-3-9-19-42)35-45-24-14-26-47(32-45)52(54)57)36-46-25-15-27-48(33-46)63-40-66(59,64-37-43-20-10-4-11-21-43)65-38-44-22-12-5-13-23-44/h2-27,32-33,49-51H,28-31,34-40H2,1H3,(H2,54,57)/t49-,50-,51-/m1/s1. The number of ether oxygens (including phenoxy) is 4. The van der Waals surface area contributed by atoms with Gasteiger partial charge in [0.2, 0.25) is 5.91 Å². The molecule has 13 heteroatoms. The zero-order valence-electron chi connectivity index (χ0n) is 37.3. The zero-order chi connectivity index (χ0) is 46.0. The SMILES string of the molecule is COCCOCO[C@@H]1[C@@H](CCc2ccccc2)N(Cc2cccc(OCP(=O)(OCc3ccccc3)OCc3ccccc3)c2)C(=O)N(Cc2cccc(C(N)=O)c2)[C@@H]1Cc1ccccc1. The predicted octanol–water partition coefficient (Wildman–Crippen LogP) is 9.80. The normalized spacial score (nSPS) is 16.3. The van der Waals surface area contributed by atoms with E-state index in [-0.39, 0.29) is 45.5 Å². The number of benzene rings is 6. The van der Waals surface area contributed by atoms with Gasteiger partial charge < -0.3 is 43.5 Å². The summed E-state index contributed by atoms with van der Waals surface area (Å²) >= 11 is 0. The van der Waals surface area contributed by atoms with Crippen molar-refractivity contribution in [2.45, 2.75) is 63.8 Å². The smallest absolute Gasteiger partial charge is 0.368 e. The minimum absolute atomic E-state index is 0.0176. The van der Waals surface area contributed by atoms with Gasteiger partial charge in [-0.25, -0.2) is 4.79 Å². The number of primary amides is 1. The van der Waals surface area contributed by atoms with Gasteiger partial charge in [0.25, 0.3) is 0 Å². The Kier molecular flexibility index (Phi) is 17.7. The van der Waals surface area contributed by atoms with Gasteiger partial charge in [-0.3, -0.25) is 9.36 Å². The third-order valence-electron chi connectivity index (χ3n) is 11.4. The first-order chi connectivity index (χ1) is 32.3. The van der Waals surface area contributed by atoms with E-state index in [2.05, 4.69) is 24.3 Å². The van der Waals surface area contributed by atoms with Gasteiger partial charge in [-0.1, -0.05) is 146 Å². The van der Waals surface area contributed by atoms with Crippen LogP contribution < -0.4 is 10.5 Å². The van der Waals surface area contributed by atoms with Crippen LogP contribution in [0.4, 0.5) is 4.79 Å². The monoisotopic (exact) mass is 911 g/mol. The predicted molar refractivity (Wildman–Crippen MR) is 254 cm³/mol. The first kappa shape index (κ1) is 47.8. The molecule has 1 saturated heterocycles. The Bertz CT molecular complexity index is 2420. The van der Waals surface area contributed by atoms with E-state index in [0.717, 1.165) is 33.4 Å². The second-order valence-corrected chi connectivity index (χ2v) is 18.1. The number of urea groups is 1. The van der Waals surface area contributed by atoms with Crippen LogP contribution in [-0.4, -0.2) is 73.4 Å². The summed E-state index contributed by atoms with van der Waals surface area (Å²) < 4.78 is 50.5. The van der Waals surface area contributed by atoms with Gasteiger partial charge >= 0.3 is 13.6 Å². The van der Waals surface area contributed by atoms with Crippen LogP contribution in [0.15, 0.2) is 170 Å². The summed E-state index contributed by atoms with van der Waals surface area (Å²) in [6.45, 7) is 1.26. The van der Waals surface area contributed by atoms with E-state index in [9.17, 15) is 9.36 Å². The molecular weight excluding hydrogens is 854 g/mol. The number of hydrogen-bond donors (Lipinski definition) is 1. The van der Waals surface area contributed by atoms with Crippen LogP contribution in [-0.2, 0) is 67.0 Å². The molecule has 0 bridgehead atoms. The molecule has 0 aliphatic carbocycles. The van der Waals surface area contributed by atoms with Crippen LogP contribution in [0.3, 0.4) is 0 Å². The van der Waals surface area contributed by atoms with E-state index in [4.69, 9.17) is 33.7 Å². The first-order valence-electron chi connectivity index (χ1n) is 22.2. The third-order valence-corrected chi connectivity index (χ3v) is 12.9. The number of nitrogens with zero attached hydrogens (tertiary/aromatic N) is 2. The number of aryl methyl sites for hydroxylation is 1. The fourth-order valence-corrected chi connectivity index (χ4v) is 9.27. The van der Waals surface area contributed by atoms with Crippen molar-refractivity contribution in [1.29, 1.82) is 0 Å². The van der Waals surface area contributed by atoms with Crippen LogP contribution in [0.5, 0.6) is 5.75 Å². The lowest BCUT2D eigenvalue weighted by Gasteiger charge is -2.51. The summed E-state index contributed by atoms with van der Waals surface area (Å²) in [6.07, 6.45) is 0.913. The highest BCUT2D eigenvalue weighted by molar-refractivity contribution is 7.53. The molecule has 6 aromatic rings. The fraction of sp³-hybridized carbons (Fsp3) is 0.283. The summed E-state index contributed by atoms with van der Waals surface area (Å²) in [4.78, 5) is 31.4. The van der Waals surface area contributed by atoms with Crippen LogP contribution in [0.25, 0.3) is 0 Å². The molecule has 1 heterocycles. The molecule has 6 aromatic carbocycles. The minimum Gasteiger partial charge on any atom is -0.481 e. The van der Waals surface area contributed by atoms with E-state index >= 15 is 4.79 Å². The van der Waals surface area contributed by atoms with E-state index < -0.39 is 31.7 Å². The van der Waals surface area contributed by atoms with Gasteiger partial charge in [0, 0.05) is 25.8 Å². The number of methoxy groups -OCH3 is 1. The number of hydrogen-bond acceptors (Lipinski definition) is 9. The highest BCUT2D eigenvalue weighted by atomic mass is 31.2. The molecule has 0 aromatic heterocycles. The molecule has 1 aliphatic heterocycles. The highest BCUT2D eigenvalue weighted by Gasteiger charge is 2.47. The third kappa shape index (κ3) is 14.0. The highest BCUT2D eigenvalue weighted by Crippen LogP contribution is 2.50. The van der Waals surface area contributed by atoms with Crippen LogP contribution in [0, 0.1) is 0 Å². The van der Waals surface area contributed by atoms with Crippen molar-refractivity contribution < 1.29 is 42.1 Å². The lowest BCUT2D eigenvalue weighted by Crippen LogP contribution is -2.66. The molecule has 1 fully saturated rings. The average molecular weight is 912 g/mol. The number of carbonyl (C=O) groups is 2. The average Bonchev–Trinajstić information content (AvgIpc) is 3.35. The van der Waals surface area contributed by atoms with Crippen molar-refractivity contribution in [3.63, 3.8) is 0 Å². The summed E-state index contributed by atoms with van der Waals surface area (Å²) in [7, 11) is -2.18. The van der Waals surface area contributed by atoms with Gasteiger partial charge in [-0.2, -0.15) is 0 Å². The molecule has 7 rings (SSSR count). The molecule has 3 amide bonds. The number of carbonyl (C=O) groups excluding carboxylic acids is 2. The van der Waals surface area contributed by atoms with Crippen LogP contribution in [0.2, 0.25) is 0 Å². The van der Waals surface area contributed by atoms with Crippen molar-refractivity contribution in [2.75, 3.05) is 33.5 Å². The Hall–Kier alpha value is -6.11. The molecule has 344 valence electrons. The number of rotatable bonds is 25. The molecule has 3 atom stereocenters. The Morgan fingerprint density at radius 3 is 1.74 bits per heavy atom. The van der Waals surface area contributed by atoms with Crippen molar-refractivity contribution in [3.05, 3.63) is 209 Å². The molecule has 0 unspecified atom stereocenters. The Labute approximate surface area is 387 Å². The topological polar surface area (TPSA) is 139 Å². The van der Waals surface area contributed by atoms with Crippen molar-refractivity contribution in [1.82, 2.24) is 9.80 Å². The molecule has 12 nitrogen and oxygen atoms in total. The second kappa shape index (κ2) is 24.4. The molecule has 0 saturated carbocycles. The largest absolute Gasteiger partial charge is 0.481 e. The number of nitrogens with two attached hydrogens (primary N) is 1. The van der Waals surface area contributed by atoms with Crippen LogP contribution >= 0.6 is 7.60 Å². The van der Waals surface area contributed by atoms with Gasteiger partial charge in [-0.15, -0.1) is 0 Å². The maximum atomic E-state index is 15.4. The van der Waals surface area contributed by atoms with Crippen molar-refractivity contribution in [3.8, 4) is 5.75 Å². The summed E-state index contributed by atoms with van der Waals surface area (Å²) in [5.74, 6) is -0.116. The van der Waals surface area contributed by atoms with Crippen LogP contribution in [0.1, 0.15) is 50.2 Å². The van der Waals surface area contributed by atoms with E-state index in [1.807, 2.05) is 131 Å². The van der Waals surface area contributed by atoms with Crippen molar-refractivity contribution >= 4 is 19.5 Å². The summed E-state index contributed by atoms with van der Waals surface area (Å²) in [5.41, 5.74) is 11.5.